The lowest BCUT2D eigenvalue weighted by atomic mass is 9.97. The van der Waals surface area contributed by atoms with Crippen LogP contribution in [0.2, 0.25) is 0 Å². The van der Waals surface area contributed by atoms with Gasteiger partial charge in [-0.3, -0.25) is 4.98 Å². The lowest BCUT2D eigenvalue weighted by molar-refractivity contribution is -0.189. The molecule has 1 aromatic heterocycles. The van der Waals surface area contributed by atoms with Crippen molar-refractivity contribution in [3.63, 3.8) is 0 Å². The van der Waals surface area contributed by atoms with E-state index >= 15 is 0 Å². The zero-order chi connectivity index (χ0) is 17.4. The molecule has 6 heteroatoms. The number of carbonyl (C=O) groups is 1. The highest BCUT2D eigenvalue weighted by atomic mass is 19.4. The van der Waals surface area contributed by atoms with Crippen LogP contribution in [0.3, 0.4) is 0 Å². The number of pyridine rings is 1. The SMILES string of the molecule is O=C(Oc1ccccc1C1CCCC1)C(F)(F)F.c1ccncc1. The largest absolute Gasteiger partial charge is 0.491 e. The molecule has 2 aromatic rings. The van der Waals surface area contributed by atoms with Crippen molar-refractivity contribution >= 4 is 5.97 Å². The summed E-state index contributed by atoms with van der Waals surface area (Å²) in [7, 11) is 0. The number of hydrogen-bond donors (Lipinski definition) is 0. The quantitative estimate of drug-likeness (QED) is 0.578. The van der Waals surface area contributed by atoms with Gasteiger partial charge in [0.1, 0.15) is 5.75 Å². The van der Waals surface area contributed by atoms with Crippen LogP contribution in [0, 0.1) is 0 Å². The van der Waals surface area contributed by atoms with Gasteiger partial charge >= 0.3 is 12.1 Å². The molecular formula is C18H18F3NO2. The lowest BCUT2D eigenvalue weighted by Crippen LogP contribution is -2.28. The molecule has 1 aliphatic carbocycles. The Balaban J connectivity index is 0.000000292. The molecule has 0 amide bonds. The van der Waals surface area contributed by atoms with Crippen molar-refractivity contribution in [2.75, 3.05) is 0 Å². The molecule has 0 saturated heterocycles. The fraction of sp³-hybridized carbons (Fsp3) is 0.333. The number of ether oxygens (including phenoxy) is 1. The number of benzene rings is 1. The van der Waals surface area contributed by atoms with E-state index in [1.54, 1.807) is 30.6 Å². The fourth-order valence-corrected chi connectivity index (χ4v) is 2.62. The number of nitrogens with zero attached hydrogens (tertiary/aromatic N) is 1. The molecule has 3 nitrogen and oxygen atoms in total. The van der Waals surface area contributed by atoms with Crippen molar-refractivity contribution in [3.8, 4) is 5.75 Å². The maximum atomic E-state index is 12.2. The van der Waals surface area contributed by atoms with E-state index in [9.17, 15) is 18.0 Å². The Morgan fingerprint density at radius 1 is 1.00 bits per heavy atom. The molecule has 3 rings (SSSR count). The third-order valence-electron chi connectivity index (χ3n) is 3.71. The minimum atomic E-state index is -4.96. The van der Waals surface area contributed by atoms with Gasteiger partial charge in [0, 0.05) is 12.4 Å². The summed E-state index contributed by atoms with van der Waals surface area (Å²) in [5, 5.41) is 0. The van der Waals surface area contributed by atoms with E-state index in [1.165, 1.54) is 6.07 Å². The zero-order valence-electron chi connectivity index (χ0n) is 13.0. The van der Waals surface area contributed by atoms with Crippen LogP contribution < -0.4 is 4.74 Å². The van der Waals surface area contributed by atoms with Crippen LogP contribution in [0.15, 0.2) is 54.9 Å². The topological polar surface area (TPSA) is 39.2 Å². The standard InChI is InChI=1S/C13H13F3O2.C5H5N/c14-13(15,16)12(17)18-11-8-4-3-7-10(11)9-5-1-2-6-9;1-2-4-6-5-3-1/h3-4,7-9H,1-2,5-6H2;1-5H. The Morgan fingerprint density at radius 2 is 1.62 bits per heavy atom. The number of hydrogen-bond acceptors (Lipinski definition) is 3. The monoisotopic (exact) mass is 337 g/mol. The number of aromatic nitrogens is 1. The highest BCUT2D eigenvalue weighted by Crippen LogP contribution is 2.39. The zero-order valence-corrected chi connectivity index (χ0v) is 13.0. The number of carbonyl (C=O) groups excluding carboxylic acids is 1. The Hall–Kier alpha value is -2.37. The van der Waals surface area contributed by atoms with Crippen molar-refractivity contribution in [2.45, 2.75) is 37.8 Å². The maximum Gasteiger partial charge on any atom is 0.491 e. The summed E-state index contributed by atoms with van der Waals surface area (Å²) < 4.78 is 41.0. The van der Waals surface area contributed by atoms with Gasteiger partial charge in [-0.2, -0.15) is 13.2 Å². The van der Waals surface area contributed by atoms with Crippen molar-refractivity contribution < 1.29 is 22.7 Å². The van der Waals surface area contributed by atoms with Gasteiger partial charge < -0.3 is 4.74 Å². The summed E-state index contributed by atoms with van der Waals surface area (Å²) in [6.07, 6.45) is 2.53. The molecule has 0 unspecified atom stereocenters. The predicted molar refractivity (Wildman–Crippen MR) is 83.6 cm³/mol. The molecule has 1 aromatic carbocycles. The second-order valence-electron chi connectivity index (χ2n) is 5.43. The molecule has 0 spiro atoms. The van der Waals surface area contributed by atoms with E-state index in [2.05, 4.69) is 9.72 Å². The van der Waals surface area contributed by atoms with Gasteiger partial charge in [0.15, 0.2) is 0 Å². The average molecular weight is 337 g/mol. The molecule has 1 saturated carbocycles. The molecule has 1 fully saturated rings. The summed E-state index contributed by atoms with van der Waals surface area (Å²) in [6, 6.07) is 12.2. The smallest absolute Gasteiger partial charge is 0.420 e. The number of esters is 1. The molecule has 1 heterocycles. The molecular weight excluding hydrogens is 319 g/mol. The molecule has 0 radical (unpaired) electrons. The first-order valence-electron chi connectivity index (χ1n) is 7.71. The van der Waals surface area contributed by atoms with Gasteiger partial charge in [0.25, 0.3) is 0 Å². The summed E-state index contributed by atoms with van der Waals surface area (Å²) >= 11 is 0. The van der Waals surface area contributed by atoms with Gasteiger partial charge in [-0.05, 0) is 42.5 Å². The lowest BCUT2D eigenvalue weighted by Gasteiger charge is -2.15. The first kappa shape index (κ1) is 18.0. The number of para-hydroxylation sites is 1. The average Bonchev–Trinajstić information content (AvgIpc) is 3.11. The predicted octanol–water partition coefficient (Wildman–Crippen LogP) is 4.89. The summed E-state index contributed by atoms with van der Waals surface area (Å²) in [6.45, 7) is 0. The van der Waals surface area contributed by atoms with Crippen LogP contribution in [-0.2, 0) is 4.79 Å². The summed E-state index contributed by atoms with van der Waals surface area (Å²) in [5.74, 6) is -1.93. The van der Waals surface area contributed by atoms with Crippen molar-refractivity contribution in [1.29, 1.82) is 0 Å². The van der Waals surface area contributed by atoms with Gasteiger partial charge in [0.2, 0.25) is 0 Å². The van der Waals surface area contributed by atoms with Crippen LogP contribution >= 0.6 is 0 Å². The minimum Gasteiger partial charge on any atom is -0.420 e. The van der Waals surface area contributed by atoms with Crippen molar-refractivity contribution in [1.82, 2.24) is 4.98 Å². The molecule has 1 aliphatic rings. The first-order valence-corrected chi connectivity index (χ1v) is 7.71. The maximum absolute atomic E-state index is 12.2. The Bertz CT molecular complexity index is 612. The van der Waals surface area contributed by atoms with Gasteiger partial charge in [0.05, 0.1) is 0 Å². The Morgan fingerprint density at radius 3 is 2.12 bits per heavy atom. The van der Waals surface area contributed by atoms with E-state index in [1.807, 2.05) is 18.2 Å². The van der Waals surface area contributed by atoms with E-state index in [4.69, 9.17) is 0 Å². The summed E-state index contributed by atoms with van der Waals surface area (Å²) in [4.78, 5) is 14.6. The molecule has 0 atom stereocenters. The summed E-state index contributed by atoms with van der Waals surface area (Å²) in [5.41, 5.74) is 0.701. The first-order chi connectivity index (χ1) is 11.5. The normalized spacial score (nSPS) is 14.6. The van der Waals surface area contributed by atoms with Crippen LogP contribution in [0.25, 0.3) is 0 Å². The van der Waals surface area contributed by atoms with E-state index in [0.717, 1.165) is 25.7 Å². The molecule has 128 valence electrons. The third-order valence-corrected chi connectivity index (χ3v) is 3.71. The fourth-order valence-electron chi connectivity index (χ4n) is 2.62. The second kappa shape index (κ2) is 8.47. The van der Waals surface area contributed by atoms with Gasteiger partial charge in [-0.1, -0.05) is 37.1 Å². The van der Waals surface area contributed by atoms with Gasteiger partial charge in [-0.15, -0.1) is 0 Å². The second-order valence-corrected chi connectivity index (χ2v) is 5.43. The minimum absolute atomic E-state index is 0.0340. The highest BCUT2D eigenvalue weighted by Gasteiger charge is 2.41. The van der Waals surface area contributed by atoms with Crippen LogP contribution in [0.4, 0.5) is 13.2 Å². The highest BCUT2D eigenvalue weighted by molar-refractivity contribution is 5.78. The van der Waals surface area contributed by atoms with Crippen LogP contribution in [0.5, 0.6) is 5.75 Å². The van der Waals surface area contributed by atoms with Crippen LogP contribution in [-0.4, -0.2) is 17.1 Å². The van der Waals surface area contributed by atoms with Gasteiger partial charge in [-0.25, -0.2) is 4.79 Å². The van der Waals surface area contributed by atoms with E-state index in [-0.39, 0.29) is 11.7 Å². The molecule has 0 aliphatic heterocycles. The molecule has 0 bridgehead atoms. The van der Waals surface area contributed by atoms with E-state index in [0.29, 0.717) is 5.56 Å². The Kier molecular flexibility index (Phi) is 6.35. The number of rotatable bonds is 2. The van der Waals surface area contributed by atoms with Crippen molar-refractivity contribution in [3.05, 3.63) is 60.4 Å². The third kappa shape index (κ3) is 5.37. The number of alkyl halides is 3. The molecule has 24 heavy (non-hydrogen) atoms. The van der Waals surface area contributed by atoms with E-state index < -0.39 is 12.1 Å². The Labute approximate surface area is 138 Å². The number of halogens is 3. The van der Waals surface area contributed by atoms with Crippen LogP contribution in [0.1, 0.15) is 37.2 Å². The molecule has 0 N–H and O–H groups in total. The van der Waals surface area contributed by atoms with Crippen molar-refractivity contribution in [2.24, 2.45) is 0 Å².